The largest absolute Gasteiger partial charge is 0.496 e. The Bertz CT molecular complexity index is 1020. The standard InChI is InChI=1S/C25H31N5O2/c1-29(2)24-14-21(27-25(28-24)18-8-6-12-26-15-18)19-9-7-13-30(16-19)17-20-22(31-3)10-5-11-23(20)32-4/h5-6,8,10-12,14-15,19H,7,9,13,16-17H2,1-4H3/t19-/m1/s1. The van der Waals surface area contributed by atoms with Crippen molar-refractivity contribution >= 4 is 5.82 Å². The van der Waals surface area contributed by atoms with Crippen LogP contribution in [-0.2, 0) is 6.54 Å². The van der Waals surface area contributed by atoms with Crippen molar-refractivity contribution in [2.75, 3.05) is 46.3 Å². The van der Waals surface area contributed by atoms with Gasteiger partial charge in [-0.1, -0.05) is 6.07 Å². The number of rotatable bonds is 7. The number of benzene rings is 1. The van der Waals surface area contributed by atoms with Crippen molar-refractivity contribution in [1.82, 2.24) is 19.9 Å². The van der Waals surface area contributed by atoms with Crippen LogP contribution < -0.4 is 14.4 Å². The number of ether oxygens (including phenoxy) is 2. The summed E-state index contributed by atoms with van der Waals surface area (Å²) in [7, 11) is 7.45. The Kier molecular flexibility index (Phi) is 6.85. The highest BCUT2D eigenvalue weighted by atomic mass is 16.5. The molecule has 2 aromatic heterocycles. The van der Waals surface area contributed by atoms with Gasteiger partial charge in [-0.05, 0) is 43.7 Å². The number of anilines is 1. The molecule has 0 amide bonds. The second kappa shape index (κ2) is 9.96. The molecule has 32 heavy (non-hydrogen) atoms. The van der Waals surface area contributed by atoms with Crippen LogP contribution in [0.2, 0.25) is 0 Å². The Morgan fingerprint density at radius 3 is 2.50 bits per heavy atom. The molecule has 4 rings (SSSR count). The summed E-state index contributed by atoms with van der Waals surface area (Å²) >= 11 is 0. The van der Waals surface area contributed by atoms with Gasteiger partial charge in [-0.15, -0.1) is 0 Å². The topological polar surface area (TPSA) is 63.6 Å². The zero-order chi connectivity index (χ0) is 22.5. The molecule has 3 heterocycles. The fraction of sp³-hybridized carbons (Fsp3) is 0.400. The minimum absolute atomic E-state index is 0.335. The average molecular weight is 434 g/mol. The Hall–Kier alpha value is -3.19. The molecular formula is C25H31N5O2. The monoisotopic (exact) mass is 433 g/mol. The van der Waals surface area contributed by atoms with E-state index in [1.807, 2.05) is 55.5 Å². The number of likely N-dealkylation sites (tertiary alicyclic amines) is 1. The van der Waals surface area contributed by atoms with E-state index in [4.69, 9.17) is 19.4 Å². The van der Waals surface area contributed by atoms with E-state index in [1.54, 1.807) is 20.4 Å². The smallest absolute Gasteiger partial charge is 0.163 e. The molecule has 0 spiro atoms. The van der Waals surface area contributed by atoms with Crippen molar-refractivity contribution < 1.29 is 9.47 Å². The number of hydrogen-bond donors (Lipinski definition) is 0. The van der Waals surface area contributed by atoms with E-state index < -0.39 is 0 Å². The molecular weight excluding hydrogens is 402 g/mol. The molecule has 1 saturated heterocycles. The van der Waals surface area contributed by atoms with Gasteiger partial charge in [-0.3, -0.25) is 9.88 Å². The average Bonchev–Trinajstić information content (AvgIpc) is 2.84. The highest BCUT2D eigenvalue weighted by Crippen LogP contribution is 2.33. The van der Waals surface area contributed by atoms with E-state index in [-0.39, 0.29) is 0 Å². The summed E-state index contributed by atoms with van der Waals surface area (Å²) in [5, 5.41) is 0. The van der Waals surface area contributed by atoms with Crippen molar-refractivity contribution in [1.29, 1.82) is 0 Å². The molecule has 0 bridgehead atoms. The van der Waals surface area contributed by atoms with Crippen LogP contribution in [0, 0.1) is 0 Å². The fourth-order valence-corrected chi connectivity index (χ4v) is 4.26. The third kappa shape index (κ3) is 4.83. The van der Waals surface area contributed by atoms with Gasteiger partial charge in [0, 0.05) is 57.1 Å². The molecule has 0 radical (unpaired) electrons. The lowest BCUT2D eigenvalue weighted by Gasteiger charge is -2.33. The van der Waals surface area contributed by atoms with Crippen LogP contribution in [0.4, 0.5) is 5.82 Å². The third-order valence-corrected chi connectivity index (χ3v) is 5.95. The van der Waals surface area contributed by atoms with Gasteiger partial charge in [0.05, 0.1) is 25.5 Å². The lowest BCUT2D eigenvalue weighted by atomic mass is 9.93. The summed E-state index contributed by atoms with van der Waals surface area (Å²) < 4.78 is 11.2. The van der Waals surface area contributed by atoms with Crippen molar-refractivity contribution in [2.45, 2.75) is 25.3 Å². The number of methoxy groups -OCH3 is 2. The van der Waals surface area contributed by atoms with E-state index in [1.165, 1.54) is 0 Å². The fourth-order valence-electron chi connectivity index (χ4n) is 4.26. The molecule has 7 heteroatoms. The first-order chi connectivity index (χ1) is 15.6. The van der Waals surface area contributed by atoms with Gasteiger partial charge < -0.3 is 14.4 Å². The molecule has 0 N–H and O–H groups in total. The van der Waals surface area contributed by atoms with Crippen molar-refractivity contribution in [3.63, 3.8) is 0 Å². The van der Waals surface area contributed by atoms with E-state index in [2.05, 4.69) is 16.0 Å². The maximum absolute atomic E-state index is 5.61. The van der Waals surface area contributed by atoms with Gasteiger partial charge in [-0.2, -0.15) is 0 Å². The number of hydrogen-bond acceptors (Lipinski definition) is 7. The zero-order valence-corrected chi connectivity index (χ0v) is 19.3. The molecule has 168 valence electrons. The quantitative estimate of drug-likeness (QED) is 0.558. The van der Waals surface area contributed by atoms with E-state index >= 15 is 0 Å². The van der Waals surface area contributed by atoms with E-state index in [0.717, 1.165) is 72.4 Å². The van der Waals surface area contributed by atoms with Crippen molar-refractivity contribution in [2.24, 2.45) is 0 Å². The van der Waals surface area contributed by atoms with Gasteiger partial charge >= 0.3 is 0 Å². The summed E-state index contributed by atoms with van der Waals surface area (Å²) in [4.78, 5) is 18.5. The molecule has 1 aliphatic heterocycles. The summed E-state index contributed by atoms with van der Waals surface area (Å²) in [6, 6.07) is 12.0. The van der Waals surface area contributed by atoms with E-state index in [9.17, 15) is 0 Å². The predicted octanol–water partition coefficient (Wildman–Crippen LogP) is 4.00. The summed E-state index contributed by atoms with van der Waals surface area (Å²) in [5.74, 6) is 3.70. The van der Waals surface area contributed by atoms with Gasteiger partial charge in [0.15, 0.2) is 5.82 Å². The lowest BCUT2D eigenvalue weighted by molar-refractivity contribution is 0.194. The minimum atomic E-state index is 0.335. The Labute approximate surface area is 190 Å². The zero-order valence-electron chi connectivity index (χ0n) is 19.3. The Balaban J connectivity index is 1.61. The van der Waals surface area contributed by atoms with Gasteiger partial charge in [0.1, 0.15) is 17.3 Å². The molecule has 1 fully saturated rings. The van der Waals surface area contributed by atoms with Gasteiger partial charge in [-0.25, -0.2) is 9.97 Å². The normalized spacial score (nSPS) is 16.6. The highest BCUT2D eigenvalue weighted by Gasteiger charge is 2.25. The molecule has 3 aromatic rings. The highest BCUT2D eigenvalue weighted by molar-refractivity contribution is 5.57. The first-order valence-corrected chi connectivity index (χ1v) is 11.0. The first-order valence-electron chi connectivity index (χ1n) is 11.0. The van der Waals surface area contributed by atoms with Crippen molar-refractivity contribution in [3.05, 3.63) is 60.0 Å². The van der Waals surface area contributed by atoms with Crippen LogP contribution in [-0.4, -0.2) is 61.3 Å². The predicted molar refractivity (Wildman–Crippen MR) is 126 cm³/mol. The maximum atomic E-state index is 5.61. The molecule has 1 aromatic carbocycles. The lowest BCUT2D eigenvalue weighted by Crippen LogP contribution is -2.34. The van der Waals surface area contributed by atoms with Crippen LogP contribution >= 0.6 is 0 Å². The SMILES string of the molecule is COc1cccc(OC)c1CN1CCC[C@@H](c2cc(N(C)C)nc(-c3cccnc3)n2)C1. The Morgan fingerprint density at radius 1 is 1.06 bits per heavy atom. The molecule has 0 saturated carbocycles. The van der Waals surface area contributed by atoms with Gasteiger partial charge in [0.2, 0.25) is 0 Å². The second-order valence-electron chi connectivity index (χ2n) is 8.33. The molecule has 1 aliphatic rings. The molecule has 1 atom stereocenters. The van der Waals surface area contributed by atoms with Crippen molar-refractivity contribution in [3.8, 4) is 22.9 Å². The maximum Gasteiger partial charge on any atom is 0.163 e. The number of pyridine rings is 1. The van der Waals surface area contributed by atoms with Crippen LogP contribution in [0.5, 0.6) is 11.5 Å². The minimum Gasteiger partial charge on any atom is -0.496 e. The van der Waals surface area contributed by atoms with Crippen LogP contribution in [0.1, 0.15) is 30.0 Å². The number of aromatic nitrogens is 3. The second-order valence-corrected chi connectivity index (χ2v) is 8.33. The third-order valence-electron chi connectivity index (χ3n) is 5.95. The van der Waals surface area contributed by atoms with Gasteiger partial charge in [0.25, 0.3) is 0 Å². The summed E-state index contributed by atoms with van der Waals surface area (Å²) in [6.07, 6.45) is 5.81. The molecule has 0 unspecified atom stereocenters. The summed E-state index contributed by atoms with van der Waals surface area (Å²) in [6.45, 7) is 2.75. The van der Waals surface area contributed by atoms with Crippen LogP contribution in [0.15, 0.2) is 48.8 Å². The Morgan fingerprint density at radius 2 is 1.84 bits per heavy atom. The van der Waals surface area contributed by atoms with E-state index in [0.29, 0.717) is 5.92 Å². The number of piperidine rings is 1. The first kappa shape index (κ1) is 22.0. The summed E-state index contributed by atoms with van der Waals surface area (Å²) in [5.41, 5.74) is 3.11. The number of nitrogens with zero attached hydrogens (tertiary/aromatic N) is 5. The van der Waals surface area contributed by atoms with Crippen LogP contribution in [0.3, 0.4) is 0 Å². The molecule has 0 aliphatic carbocycles. The van der Waals surface area contributed by atoms with Crippen LogP contribution in [0.25, 0.3) is 11.4 Å². The molecule has 7 nitrogen and oxygen atoms in total.